The van der Waals surface area contributed by atoms with E-state index in [1.54, 1.807) is 48.4 Å². The van der Waals surface area contributed by atoms with Gasteiger partial charge in [-0.2, -0.15) is 0 Å². The van der Waals surface area contributed by atoms with E-state index in [4.69, 9.17) is 9.47 Å². The fraction of sp³-hybridized carbons (Fsp3) is 0.269. The van der Waals surface area contributed by atoms with E-state index in [1.165, 1.54) is 13.2 Å². The van der Waals surface area contributed by atoms with Crippen molar-refractivity contribution in [3.05, 3.63) is 77.9 Å². The number of carbonyl (C=O) groups is 1. The molecule has 1 aliphatic heterocycles. The summed E-state index contributed by atoms with van der Waals surface area (Å²) in [7, 11) is -0.935. The number of rotatable bonds is 9. The van der Waals surface area contributed by atoms with Gasteiger partial charge in [-0.25, -0.2) is 8.42 Å². The molecule has 1 aliphatic rings. The minimum atomic E-state index is -4.04. The summed E-state index contributed by atoms with van der Waals surface area (Å²) < 4.78 is 40.2. The highest BCUT2D eigenvalue weighted by Crippen LogP contribution is 2.29. The smallest absolute Gasteiger partial charge is 0.263 e. The molecule has 0 spiro atoms. The molecule has 1 fully saturated rings. The Morgan fingerprint density at radius 1 is 0.943 bits per heavy atom. The van der Waals surface area contributed by atoms with Gasteiger partial charge in [-0.1, -0.05) is 24.3 Å². The van der Waals surface area contributed by atoms with Crippen molar-refractivity contribution in [2.24, 2.45) is 0 Å². The van der Waals surface area contributed by atoms with Crippen LogP contribution in [0.3, 0.4) is 0 Å². The summed E-state index contributed by atoms with van der Waals surface area (Å²) in [5.74, 6) is 1.05. The van der Waals surface area contributed by atoms with E-state index in [-0.39, 0.29) is 10.8 Å². The van der Waals surface area contributed by atoms with Gasteiger partial charge in [0.05, 0.1) is 25.6 Å². The van der Waals surface area contributed by atoms with Crippen LogP contribution in [0.1, 0.15) is 28.8 Å². The van der Waals surface area contributed by atoms with Gasteiger partial charge in [-0.3, -0.25) is 9.52 Å². The molecule has 3 aromatic carbocycles. The van der Waals surface area contributed by atoms with Gasteiger partial charge in [0.1, 0.15) is 16.4 Å². The van der Waals surface area contributed by atoms with E-state index in [9.17, 15) is 13.2 Å². The van der Waals surface area contributed by atoms with Gasteiger partial charge in [0, 0.05) is 36.8 Å². The topological polar surface area (TPSA) is 97.0 Å². The maximum absolute atomic E-state index is 13.5. The maximum atomic E-state index is 13.5. The second kappa shape index (κ2) is 10.7. The zero-order valence-corrected chi connectivity index (χ0v) is 20.6. The zero-order chi connectivity index (χ0) is 24.8. The molecular formula is C26H29N3O5S. The van der Waals surface area contributed by atoms with E-state index < -0.39 is 10.0 Å². The van der Waals surface area contributed by atoms with Crippen LogP contribution in [0.25, 0.3) is 0 Å². The third-order valence-corrected chi connectivity index (χ3v) is 7.32. The van der Waals surface area contributed by atoms with Crippen LogP contribution in [0, 0.1) is 0 Å². The number of carbonyl (C=O) groups excluding carboxylic acids is 1. The Balaban J connectivity index is 1.68. The highest BCUT2D eigenvalue weighted by atomic mass is 32.2. The number of hydrogen-bond acceptors (Lipinski definition) is 6. The molecule has 0 saturated carbocycles. The minimum absolute atomic E-state index is 0.0136. The van der Waals surface area contributed by atoms with Gasteiger partial charge in [0.15, 0.2) is 0 Å². The summed E-state index contributed by atoms with van der Waals surface area (Å²) in [6.07, 6.45) is 1.90. The fourth-order valence-corrected chi connectivity index (χ4v) is 5.32. The SMILES string of the molecule is COc1cccc(NS(=O)(=O)c2cc(C(=O)N3CCCC3)ccc2NCc2ccccc2OC)c1. The molecule has 2 N–H and O–H groups in total. The number of hydrogen-bond donors (Lipinski definition) is 2. The summed E-state index contributed by atoms with van der Waals surface area (Å²) in [6, 6.07) is 18.9. The molecule has 1 saturated heterocycles. The van der Waals surface area contributed by atoms with Gasteiger partial charge >= 0.3 is 0 Å². The number of methoxy groups -OCH3 is 2. The van der Waals surface area contributed by atoms with Crippen molar-refractivity contribution >= 4 is 27.3 Å². The normalized spacial score (nSPS) is 13.4. The van der Waals surface area contributed by atoms with Crippen LogP contribution in [0.15, 0.2) is 71.6 Å². The van der Waals surface area contributed by atoms with Crippen LogP contribution in [0.2, 0.25) is 0 Å². The lowest BCUT2D eigenvalue weighted by molar-refractivity contribution is 0.0792. The molecule has 9 heteroatoms. The zero-order valence-electron chi connectivity index (χ0n) is 19.8. The lowest BCUT2D eigenvalue weighted by Gasteiger charge is -2.19. The molecule has 0 aromatic heterocycles. The lowest BCUT2D eigenvalue weighted by Crippen LogP contribution is -2.28. The molecule has 184 valence electrons. The molecule has 0 radical (unpaired) electrons. The molecule has 1 amide bonds. The Labute approximate surface area is 205 Å². The molecule has 0 atom stereocenters. The summed E-state index contributed by atoms with van der Waals surface area (Å²) in [5, 5.41) is 3.21. The van der Waals surface area contributed by atoms with E-state index in [0.717, 1.165) is 18.4 Å². The number of amides is 1. The van der Waals surface area contributed by atoms with Gasteiger partial charge in [0.2, 0.25) is 0 Å². The van der Waals surface area contributed by atoms with E-state index >= 15 is 0 Å². The first kappa shape index (κ1) is 24.4. The van der Waals surface area contributed by atoms with Gasteiger partial charge in [-0.15, -0.1) is 0 Å². The van der Waals surface area contributed by atoms with Crippen LogP contribution in [0.5, 0.6) is 11.5 Å². The summed E-state index contributed by atoms with van der Waals surface area (Å²) in [4.78, 5) is 14.7. The highest BCUT2D eigenvalue weighted by molar-refractivity contribution is 7.92. The average Bonchev–Trinajstić information content (AvgIpc) is 3.42. The predicted molar refractivity (Wildman–Crippen MR) is 136 cm³/mol. The van der Waals surface area contributed by atoms with Gasteiger partial charge in [-0.05, 0) is 49.2 Å². The van der Waals surface area contributed by atoms with Crippen molar-refractivity contribution in [3.63, 3.8) is 0 Å². The van der Waals surface area contributed by atoms with Crippen molar-refractivity contribution in [1.29, 1.82) is 0 Å². The quantitative estimate of drug-likeness (QED) is 0.458. The fourth-order valence-electron chi connectivity index (χ4n) is 4.06. The number of nitrogens with one attached hydrogen (secondary N) is 2. The molecule has 8 nitrogen and oxygen atoms in total. The second-order valence-electron chi connectivity index (χ2n) is 8.21. The van der Waals surface area contributed by atoms with Crippen LogP contribution in [0.4, 0.5) is 11.4 Å². The molecule has 1 heterocycles. The number of nitrogens with zero attached hydrogens (tertiary/aromatic N) is 1. The molecule has 4 rings (SSSR count). The Morgan fingerprint density at radius 2 is 1.71 bits per heavy atom. The lowest BCUT2D eigenvalue weighted by atomic mass is 10.1. The number of likely N-dealkylation sites (tertiary alicyclic amines) is 1. The summed E-state index contributed by atoms with van der Waals surface area (Å²) in [5.41, 5.74) is 1.94. The second-order valence-corrected chi connectivity index (χ2v) is 9.86. The number of sulfonamides is 1. The molecule has 35 heavy (non-hydrogen) atoms. The Hall–Kier alpha value is -3.72. The number of ether oxygens (including phenoxy) is 2. The first-order chi connectivity index (χ1) is 16.9. The molecule has 0 unspecified atom stereocenters. The summed E-state index contributed by atoms with van der Waals surface area (Å²) >= 11 is 0. The Kier molecular flexibility index (Phi) is 7.45. The Morgan fingerprint density at radius 3 is 2.46 bits per heavy atom. The number of benzene rings is 3. The van der Waals surface area contributed by atoms with Crippen molar-refractivity contribution in [2.45, 2.75) is 24.3 Å². The van der Waals surface area contributed by atoms with E-state index in [0.29, 0.717) is 48.1 Å². The summed E-state index contributed by atoms with van der Waals surface area (Å²) in [6.45, 7) is 1.69. The standard InChI is InChI=1S/C26H29N3O5S/c1-33-22-10-7-9-21(17-22)28-35(31,32)25-16-19(26(30)29-14-5-6-15-29)12-13-23(25)27-18-20-8-3-4-11-24(20)34-2/h3-4,7-13,16-17,27-28H,5-6,14-15,18H2,1-2H3. The first-order valence-corrected chi connectivity index (χ1v) is 12.9. The Bertz CT molecular complexity index is 1300. The molecule has 3 aromatic rings. The van der Waals surface area contributed by atoms with Gasteiger partial charge in [0.25, 0.3) is 15.9 Å². The number of para-hydroxylation sites is 1. The average molecular weight is 496 g/mol. The van der Waals surface area contributed by atoms with Crippen LogP contribution in [-0.4, -0.2) is 46.5 Å². The van der Waals surface area contributed by atoms with Gasteiger partial charge < -0.3 is 19.7 Å². The molecule has 0 bridgehead atoms. The van der Waals surface area contributed by atoms with Crippen molar-refractivity contribution < 1.29 is 22.7 Å². The minimum Gasteiger partial charge on any atom is -0.497 e. The monoisotopic (exact) mass is 495 g/mol. The first-order valence-electron chi connectivity index (χ1n) is 11.4. The van der Waals surface area contributed by atoms with Crippen LogP contribution < -0.4 is 19.5 Å². The van der Waals surface area contributed by atoms with E-state index in [1.807, 2.05) is 24.3 Å². The predicted octanol–water partition coefficient (Wildman–Crippen LogP) is 4.35. The van der Waals surface area contributed by atoms with E-state index in [2.05, 4.69) is 10.0 Å². The third-order valence-electron chi connectivity index (χ3n) is 5.90. The third kappa shape index (κ3) is 5.68. The largest absolute Gasteiger partial charge is 0.497 e. The maximum Gasteiger partial charge on any atom is 0.263 e. The van der Waals surface area contributed by atoms with Crippen molar-refractivity contribution in [3.8, 4) is 11.5 Å². The molecule has 0 aliphatic carbocycles. The van der Waals surface area contributed by atoms with Crippen LogP contribution in [-0.2, 0) is 16.6 Å². The van der Waals surface area contributed by atoms with Crippen molar-refractivity contribution in [2.75, 3.05) is 37.3 Å². The molecular weight excluding hydrogens is 466 g/mol. The highest BCUT2D eigenvalue weighted by Gasteiger charge is 2.25. The van der Waals surface area contributed by atoms with Crippen LogP contribution >= 0.6 is 0 Å². The van der Waals surface area contributed by atoms with Crippen molar-refractivity contribution in [1.82, 2.24) is 4.90 Å². The number of anilines is 2.